The molecule has 0 bridgehead atoms. The van der Waals surface area contributed by atoms with Gasteiger partial charge in [-0.05, 0) is 31.5 Å². The summed E-state index contributed by atoms with van der Waals surface area (Å²) in [5.41, 5.74) is 2.98. The molecule has 0 spiro atoms. The van der Waals surface area contributed by atoms with E-state index < -0.39 is 5.97 Å². The Morgan fingerprint density at radius 1 is 1.47 bits per heavy atom. The third-order valence-electron chi connectivity index (χ3n) is 3.16. The van der Waals surface area contributed by atoms with Crippen LogP contribution in [0.3, 0.4) is 0 Å². The first kappa shape index (κ1) is 13.1. The summed E-state index contributed by atoms with van der Waals surface area (Å²) in [6, 6.07) is 5.24. The van der Waals surface area contributed by atoms with Crippen LogP contribution in [0, 0.1) is 6.92 Å². The van der Waals surface area contributed by atoms with Crippen molar-refractivity contribution >= 4 is 11.7 Å². The van der Waals surface area contributed by atoms with E-state index in [0.29, 0.717) is 12.1 Å². The molecule has 2 aromatic rings. The van der Waals surface area contributed by atoms with Crippen LogP contribution in [0.15, 0.2) is 30.7 Å². The lowest BCUT2D eigenvalue weighted by atomic mass is 10.1. The molecule has 0 saturated carbocycles. The van der Waals surface area contributed by atoms with Crippen LogP contribution >= 0.6 is 0 Å². The second kappa shape index (κ2) is 5.56. The smallest absolute Gasteiger partial charge is 0.336 e. The number of imidazole rings is 1. The molecule has 1 heterocycles. The first-order valence-electron chi connectivity index (χ1n) is 6.19. The minimum atomic E-state index is -0.903. The third-order valence-corrected chi connectivity index (χ3v) is 3.16. The van der Waals surface area contributed by atoms with Crippen molar-refractivity contribution in [1.29, 1.82) is 0 Å². The van der Waals surface area contributed by atoms with Gasteiger partial charge in [0.15, 0.2) is 0 Å². The highest BCUT2D eigenvalue weighted by atomic mass is 16.4. The van der Waals surface area contributed by atoms with Gasteiger partial charge in [-0.15, -0.1) is 0 Å². The van der Waals surface area contributed by atoms with E-state index in [9.17, 15) is 4.79 Å². The Hall–Kier alpha value is -2.30. The first-order chi connectivity index (χ1) is 9.13. The molecule has 0 aliphatic carbocycles. The second-order valence-corrected chi connectivity index (χ2v) is 4.31. The number of benzene rings is 1. The monoisotopic (exact) mass is 259 g/mol. The van der Waals surface area contributed by atoms with E-state index in [1.165, 1.54) is 0 Å². The topological polar surface area (TPSA) is 67.2 Å². The number of aryl methyl sites for hydroxylation is 1. The normalized spacial score (nSPS) is 10.4. The molecule has 5 nitrogen and oxygen atoms in total. The molecule has 1 aromatic carbocycles. The van der Waals surface area contributed by atoms with Crippen molar-refractivity contribution in [2.24, 2.45) is 0 Å². The molecule has 0 saturated heterocycles. The Morgan fingerprint density at radius 3 is 2.95 bits per heavy atom. The molecule has 100 valence electrons. The van der Waals surface area contributed by atoms with Crippen LogP contribution in [0.2, 0.25) is 0 Å². The molecule has 0 amide bonds. The van der Waals surface area contributed by atoms with Gasteiger partial charge in [0.1, 0.15) is 0 Å². The Bertz CT molecular complexity index is 590. The van der Waals surface area contributed by atoms with E-state index in [-0.39, 0.29) is 0 Å². The van der Waals surface area contributed by atoms with Gasteiger partial charge >= 0.3 is 5.97 Å². The summed E-state index contributed by atoms with van der Waals surface area (Å²) in [5, 5.41) is 12.3. The molecule has 0 aliphatic heterocycles. The number of carboxylic acids is 1. The SMILES string of the molecule is CCn1cncc1CNc1cccc(C(=O)O)c1C. The van der Waals surface area contributed by atoms with Gasteiger partial charge in [-0.1, -0.05) is 6.07 Å². The number of anilines is 1. The Labute approximate surface area is 111 Å². The lowest BCUT2D eigenvalue weighted by Gasteiger charge is -2.12. The highest BCUT2D eigenvalue weighted by Crippen LogP contribution is 2.19. The van der Waals surface area contributed by atoms with E-state index >= 15 is 0 Å². The standard InChI is InChI=1S/C14H17N3O2/c1-3-17-9-15-7-11(17)8-16-13-6-4-5-12(10(13)2)14(18)19/h4-7,9,16H,3,8H2,1-2H3,(H,18,19). The van der Waals surface area contributed by atoms with Gasteiger partial charge in [0.05, 0.1) is 24.1 Å². The summed E-state index contributed by atoms with van der Waals surface area (Å²) in [6.07, 6.45) is 3.60. The summed E-state index contributed by atoms with van der Waals surface area (Å²) >= 11 is 0. The van der Waals surface area contributed by atoms with Gasteiger partial charge in [-0.25, -0.2) is 9.78 Å². The minimum absolute atomic E-state index is 0.328. The number of nitrogens with one attached hydrogen (secondary N) is 1. The molecule has 0 radical (unpaired) electrons. The lowest BCUT2D eigenvalue weighted by molar-refractivity contribution is 0.0696. The second-order valence-electron chi connectivity index (χ2n) is 4.31. The Morgan fingerprint density at radius 2 is 2.26 bits per heavy atom. The van der Waals surface area contributed by atoms with Gasteiger partial charge in [-0.3, -0.25) is 0 Å². The fourth-order valence-electron chi connectivity index (χ4n) is 2.02. The Balaban J connectivity index is 2.16. The van der Waals surface area contributed by atoms with E-state index in [1.807, 2.05) is 23.8 Å². The van der Waals surface area contributed by atoms with Crippen molar-refractivity contribution < 1.29 is 9.90 Å². The van der Waals surface area contributed by atoms with Gasteiger partial charge in [0.2, 0.25) is 0 Å². The molecule has 0 atom stereocenters. The van der Waals surface area contributed by atoms with Crippen LogP contribution < -0.4 is 5.32 Å². The predicted octanol–water partition coefficient (Wildman–Crippen LogP) is 2.52. The van der Waals surface area contributed by atoms with Crippen LogP contribution in [0.25, 0.3) is 0 Å². The minimum Gasteiger partial charge on any atom is -0.478 e. The van der Waals surface area contributed by atoms with Crippen molar-refractivity contribution in [2.75, 3.05) is 5.32 Å². The Kier molecular flexibility index (Phi) is 3.85. The van der Waals surface area contributed by atoms with Crippen LogP contribution in [0.1, 0.15) is 28.5 Å². The summed E-state index contributed by atoms with van der Waals surface area (Å²) in [6.45, 7) is 5.35. The summed E-state index contributed by atoms with van der Waals surface area (Å²) in [5.74, 6) is -0.903. The van der Waals surface area contributed by atoms with Crippen molar-refractivity contribution in [3.63, 3.8) is 0 Å². The fraction of sp³-hybridized carbons (Fsp3) is 0.286. The number of carbonyl (C=O) groups is 1. The molecule has 2 rings (SSSR count). The maximum Gasteiger partial charge on any atom is 0.336 e. The number of carboxylic acid groups (broad SMARTS) is 1. The van der Waals surface area contributed by atoms with Crippen LogP contribution in [0.5, 0.6) is 0 Å². The van der Waals surface area contributed by atoms with E-state index in [2.05, 4.69) is 17.2 Å². The summed E-state index contributed by atoms with van der Waals surface area (Å²) in [7, 11) is 0. The van der Waals surface area contributed by atoms with Crippen LogP contribution in [0.4, 0.5) is 5.69 Å². The van der Waals surface area contributed by atoms with Crippen LogP contribution in [-0.2, 0) is 13.1 Å². The number of hydrogen-bond donors (Lipinski definition) is 2. The highest BCUT2D eigenvalue weighted by Gasteiger charge is 2.10. The lowest BCUT2D eigenvalue weighted by Crippen LogP contribution is -2.08. The average molecular weight is 259 g/mol. The summed E-state index contributed by atoms with van der Waals surface area (Å²) in [4.78, 5) is 15.2. The van der Waals surface area contributed by atoms with E-state index in [4.69, 9.17) is 5.11 Å². The zero-order valence-electron chi connectivity index (χ0n) is 11.1. The van der Waals surface area contributed by atoms with E-state index in [0.717, 1.165) is 23.5 Å². The average Bonchev–Trinajstić information content (AvgIpc) is 2.84. The van der Waals surface area contributed by atoms with Crippen molar-refractivity contribution in [3.05, 3.63) is 47.5 Å². The number of aromatic nitrogens is 2. The van der Waals surface area contributed by atoms with Crippen molar-refractivity contribution in [2.45, 2.75) is 26.9 Å². The van der Waals surface area contributed by atoms with Crippen LogP contribution in [-0.4, -0.2) is 20.6 Å². The number of aromatic carboxylic acids is 1. The number of hydrogen-bond acceptors (Lipinski definition) is 3. The molecule has 1 aromatic heterocycles. The summed E-state index contributed by atoms with van der Waals surface area (Å²) < 4.78 is 2.05. The van der Waals surface area contributed by atoms with Gasteiger partial charge < -0.3 is 15.0 Å². The fourth-order valence-corrected chi connectivity index (χ4v) is 2.02. The molecule has 0 fully saturated rings. The maximum absolute atomic E-state index is 11.1. The number of rotatable bonds is 5. The molecular formula is C14H17N3O2. The highest BCUT2D eigenvalue weighted by molar-refractivity contribution is 5.91. The quantitative estimate of drug-likeness (QED) is 0.865. The zero-order valence-corrected chi connectivity index (χ0v) is 11.1. The van der Waals surface area contributed by atoms with E-state index in [1.54, 1.807) is 18.5 Å². The van der Waals surface area contributed by atoms with Gasteiger partial charge in [-0.2, -0.15) is 0 Å². The molecule has 2 N–H and O–H groups in total. The molecule has 0 aliphatic rings. The number of nitrogens with zero attached hydrogens (tertiary/aromatic N) is 2. The van der Waals surface area contributed by atoms with Gasteiger partial charge in [0, 0.05) is 18.4 Å². The molecule has 19 heavy (non-hydrogen) atoms. The third kappa shape index (κ3) is 2.76. The first-order valence-corrected chi connectivity index (χ1v) is 6.19. The zero-order chi connectivity index (χ0) is 13.8. The maximum atomic E-state index is 11.1. The molecule has 5 heteroatoms. The van der Waals surface area contributed by atoms with Crippen molar-refractivity contribution in [1.82, 2.24) is 9.55 Å². The predicted molar refractivity (Wildman–Crippen MR) is 73.4 cm³/mol. The van der Waals surface area contributed by atoms with Crippen molar-refractivity contribution in [3.8, 4) is 0 Å². The molecule has 0 unspecified atom stereocenters. The van der Waals surface area contributed by atoms with Gasteiger partial charge in [0.25, 0.3) is 0 Å². The largest absolute Gasteiger partial charge is 0.478 e. The molecular weight excluding hydrogens is 242 g/mol.